The summed E-state index contributed by atoms with van der Waals surface area (Å²) < 4.78 is 0. The van der Waals surface area contributed by atoms with Gasteiger partial charge in [-0.25, -0.2) is 9.97 Å². The van der Waals surface area contributed by atoms with Gasteiger partial charge in [0.2, 0.25) is 0 Å². The smallest absolute Gasteiger partial charge is 0.161 e. The number of aromatic nitrogens is 2. The van der Waals surface area contributed by atoms with Crippen LogP contribution in [0.5, 0.6) is 0 Å². The molecule has 2 aromatic carbocycles. The predicted molar refractivity (Wildman–Crippen MR) is 102 cm³/mol. The van der Waals surface area contributed by atoms with Crippen LogP contribution in [0.2, 0.25) is 0 Å². The average Bonchev–Trinajstić information content (AvgIpc) is 2.98. The van der Waals surface area contributed by atoms with Crippen molar-refractivity contribution in [2.24, 2.45) is 0 Å². The monoisotopic (exact) mass is 331 g/mol. The van der Waals surface area contributed by atoms with Crippen molar-refractivity contribution in [1.82, 2.24) is 9.97 Å². The van der Waals surface area contributed by atoms with E-state index in [0.29, 0.717) is 0 Å². The average molecular weight is 331 g/mol. The van der Waals surface area contributed by atoms with E-state index >= 15 is 0 Å². The minimum absolute atomic E-state index is 0.742. The fraction of sp³-hybridized carbons (Fsp3) is 0.100. The number of hydrogen-bond acceptors (Lipinski definition) is 4. The second-order valence-electron chi connectivity index (χ2n) is 5.60. The molecule has 0 radical (unpaired) electrons. The Hall–Kier alpha value is -2.72. The van der Waals surface area contributed by atoms with Gasteiger partial charge >= 0.3 is 0 Å². The normalized spacial score (nSPS) is 11.0. The number of nitrogen functional groups attached to an aromatic ring is 1. The molecule has 0 fully saturated rings. The van der Waals surface area contributed by atoms with E-state index in [1.165, 1.54) is 4.88 Å². The number of rotatable bonds is 3. The predicted octanol–water partition coefficient (Wildman–Crippen LogP) is 5.17. The summed E-state index contributed by atoms with van der Waals surface area (Å²) in [6.45, 7) is 2.12. The fourth-order valence-corrected chi connectivity index (χ4v) is 3.88. The van der Waals surface area contributed by atoms with E-state index in [1.54, 1.807) is 11.3 Å². The van der Waals surface area contributed by atoms with Crippen molar-refractivity contribution >= 4 is 27.2 Å². The lowest BCUT2D eigenvalue weighted by molar-refractivity contribution is 1.19. The summed E-state index contributed by atoms with van der Waals surface area (Å²) in [5, 5.41) is 0.975. The molecule has 0 atom stereocenters. The quantitative estimate of drug-likeness (QED) is 0.563. The van der Waals surface area contributed by atoms with Crippen LogP contribution in [0.3, 0.4) is 0 Å². The lowest BCUT2D eigenvalue weighted by Gasteiger charge is -2.07. The Morgan fingerprint density at radius 3 is 2.12 bits per heavy atom. The number of nitrogens with zero attached hydrogens (tertiary/aromatic N) is 2. The molecule has 0 aliphatic rings. The third kappa shape index (κ3) is 2.45. The largest absolute Gasteiger partial charge is 0.397 e. The van der Waals surface area contributed by atoms with Crippen LogP contribution in [-0.4, -0.2) is 9.97 Å². The molecule has 0 unspecified atom stereocenters. The third-order valence-electron chi connectivity index (χ3n) is 4.07. The lowest BCUT2D eigenvalue weighted by atomic mass is 10.1. The summed E-state index contributed by atoms with van der Waals surface area (Å²) in [7, 11) is 0. The van der Waals surface area contributed by atoms with Gasteiger partial charge in [-0.1, -0.05) is 67.6 Å². The molecule has 4 heteroatoms. The highest BCUT2D eigenvalue weighted by molar-refractivity contribution is 7.19. The second kappa shape index (κ2) is 6.06. The molecule has 0 amide bonds. The van der Waals surface area contributed by atoms with Gasteiger partial charge in [0.05, 0.1) is 16.8 Å². The van der Waals surface area contributed by atoms with Crippen molar-refractivity contribution in [2.75, 3.05) is 5.73 Å². The summed E-state index contributed by atoms with van der Waals surface area (Å²) >= 11 is 1.67. The zero-order valence-corrected chi connectivity index (χ0v) is 14.2. The molecular weight excluding hydrogens is 314 g/mol. The van der Waals surface area contributed by atoms with E-state index in [0.717, 1.165) is 45.0 Å². The van der Waals surface area contributed by atoms with Crippen LogP contribution in [0, 0.1) is 0 Å². The van der Waals surface area contributed by atoms with Gasteiger partial charge in [-0.3, -0.25) is 0 Å². The molecule has 2 heterocycles. The van der Waals surface area contributed by atoms with Crippen molar-refractivity contribution in [3.63, 3.8) is 0 Å². The van der Waals surface area contributed by atoms with Crippen molar-refractivity contribution < 1.29 is 0 Å². The molecule has 0 saturated heterocycles. The minimum Gasteiger partial charge on any atom is -0.397 e. The third-order valence-corrected chi connectivity index (χ3v) is 5.31. The Morgan fingerprint density at radius 1 is 0.875 bits per heavy atom. The number of anilines is 1. The second-order valence-corrected chi connectivity index (χ2v) is 6.68. The van der Waals surface area contributed by atoms with Crippen LogP contribution in [0.15, 0.2) is 60.7 Å². The molecule has 2 N–H and O–H groups in total. The number of fused-ring (bicyclic) bond motifs is 1. The first-order valence-corrected chi connectivity index (χ1v) is 8.79. The van der Waals surface area contributed by atoms with Crippen LogP contribution in [0.25, 0.3) is 32.9 Å². The Bertz CT molecular complexity index is 992. The highest BCUT2D eigenvalue weighted by atomic mass is 32.1. The van der Waals surface area contributed by atoms with Crippen molar-refractivity contribution in [3.8, 4) is 22.6 Å². The number of hydrogen-bond donors (Lipinski definition) is 1. The van der Waals surface area contributed by atoms with Crippen LogP contribution in [-0.2, 0) is 6.42 Å². The van der Waals surface area contributed by atoms with Crippen LogP contribution >= 0.6 is 11.3 Å². The molecule has 2 aromatic heterocycles. The van der Waals surface area contributed by atoms with E-state index < -0.39 is 0 Å². The van der Waals surface area contributed by atoms with Crippen molar-refractivity contribution in [2.45, 2.75) is 13.3 Å². The van der Waals surface area contributed by atoms with Crippen LogP contribution in [0.1, 0.15) is 11.8 Å². The van der Waals surface area contributed by atoms with Gasteiger partial charge in [0.15, 0.2) is 5.82 Å². The summed E-state index contributed by atoms with van der Waals surface area (Å²) in [5.74, 6) is 0.742. The van der Waals surface area contributed by atoms with Gasteiger partial charge < -0.3 is 5.73 Å². The summed E-state index contributed by atoms with van der Waals surface area (Å²) in [4.78, 5) is 11.8. The van der Waals surface area contributed by atoms with Gasteiger partial charge in [0.25, 0.3) is 0 Å². The maximum atomic E-state index is 6.41. The van der Waals surface area contributed by atoms with E-state index in [2.05, 4.69) is 19.1 Å². The van der Waals surface area contributed by atoms with Gasteiger partial charge in [0, 0.05) is 16.0 Å². The Morgan fingerprint density at radius 2 is 1.50 bits per heavy atom. The highest BCUT2D eigenvalue weighted by Crippen LogP contribution is 2.39. The maximum absolute atomic E-state index is 6.41. The highest BCUT2D eigenvalue weighted by Gasteiger charge is 2.18. The lowest BCUT2D eigenvalue weighted by Crippen LogP contribution is -1.95. The Labute approximate surface area is 144 Å². The number of aryl methyl sites for hydroxylation is 1. The van der Waals surface area contributed by atoms with Crippen molar-refractivity contribution in [1.29, 1.82) is 0 Å². The summed E-state index contributed by atoms with van der Waals surface area (Å²) in [6.07, 6.45) is 0.905. The first-order valence-electron chi connectivity index (χ1n) is 7.97. The molecule has 0 spiro atoms. The molecule has 4 aromatic rings. The van der Waals surface area contributed by atoms with Gasteiger partial charge in [-0.15, -0.1) is 11.3 Å². The molecule has 0 saturated carbocycles. The number of nitrogens with two attached hydrogens (primary N) is 1. The summed E-state index contributed by atoms with van der Waals surface area (Å²) in [6, 6.07) is 20.3. The first kappa shape index (κ1) is 14.8. The zero-order valence-electron chi connectivity index (χ0n) is 13.4. The molecule has 24 heavy (non-hydrogen) atoms. The standard InChI is InChI=1S/C20H17N3S/c1-2-15-17(21)16-18(13-9-5-3-6-10-13)22-19(23-20(16)24-15)14-11-7-4-8-12-14/h3-12H,2,21H2,1H3. The Kier molecular flexibility index (Phi) is 3.75. The molecule has 118 valence electrons. The SMILES string of the molecule is CCc1sc2nc(-c3ccccc3)nc(-c3ccccc3)c2c1N. The fourth-order valence-electron chi connectivity index (χ4n) is 2.85. The van der Waals surface area contributed by atoms with E-state index in [9.17, 15) is 0 Å². The molecule has 4 rings (SSSR count). The topological polar surface area (TPSA) is 51.8 Å². The van der Waals surface area contributed by atoms with Crippen LogP contribution in [0.4, 0.5) is 5.69 Å². The zero-order chi connectivity index (χ0) is 16.5. The van der Waals surface area contributed by atoms with E-state index in [4.69, 9.17) is 15.7 Å². The first-order chi connectivity index (χ1) is 11.8. The number of benzene rings is 2. The molecular formula is C20H17N3S. The van der Waals surface area contributed by atoms with Gasteiger partial charge in [-0.2, -0.15) is 0 Å². The maximum Gasteiger partial charge on any atom is 0.161 e. The Balaban J connectivity index is 2.05. The summed E-state index contributed by atoms with van der Waals surface area (Å²) in [5.41, 5.74) is 10.2. The molecule has 0 aliphatic heterocycles. The van der Waals surface area contributed by atoms with Gasteiger partial charge in [0.1, 0.15) is 4.83 Å². The van der Waals surface area contributed by atoms with Crippen molar-refractivity contribution in [3.05, 3.63) is 65.5 Å². The van der Waals surface area contributed by atoms with E-state index in [1.807, 2.05) is 48.5 Å². The molecule has 0 aliphatic carbocycles. The van der Waals surface area contributed by atoms with Crippen LogP contribution < -0.4 is 5.73 Å². The van der Waals surface area contributed by atoms with Gasteiger partial charge in [-0.05, 0) is 6.42 Å². The van der Waals surface area contributed by atoms with E-state index in [-0.39, 0.29) is 0 Å². The molecule has 3 nitrogen and oxygen atoms in total. The number of thiophene rings is 1. The minimum atomic E-state index is 0.742. The molecule has 0 bridgehead atoms.